The fraction of sp³-hybridized carbons (Fsp3) is 0.500. The third-order valence-corrected chi connectivity index (χ3v) is 4.01. The number of benzene rings is 1. The Bertz CT molecular complexity index is 430. The average molecular weight is 253 g/mol. The number of Topliss-reactive ketones (excluding diaryl/α,β-unsaturated/α-hetero) is 1. The second-order valence-corrected chi connectivity index (χ2v) is 5.18. The first-order chi connectivity index (χ1) is 8.02. The molecule has 1 aromatic rings. The Morgan fingerprint density at radius 3 is 2.35 bits per heavy atom. The number of rotatable bonds is 2. The first-order valence-electron chi connectivity index (χ1n) is 5.96. The van der Waals surface area contributed by atoms with E-state index in [2.05, 4.69) is 6.92 Å². The number of ketones is 1. The van der Waals surface area contributed by atoms with E-state index in [4.69, 9.17) is 16.3 Å². The minimum atomic E-state index is -0.0927. The van der Waals surface area contributed by atoms with Gasteiger partial charge in [-0.2, -0.15) is 0 Å². The molecule has 0 N–H and O–H groups in total. The SMILES string of the molecule is CC1OC(C)C(C(=O)c2ccccc2Cl)C1C. The summed E-state index contributed by atoms with van der Waals surface area (Å²) in [4.78, 5) is 12.5. The lowest BCUT2D eigenvalue weighted by Crippen LogP contribution is -2.27. The van der Waals surface area contributed by atoms with Crippen molar-refractivity contribution in [2.45, 2.75) is 33.0 Å². The third-order valence-electron chi connectivity index (χ3n) is 3.68. The van der Waals surface area contributed by atoms with Crippen molar-refractivity contribution >= 4 is 17.4 Å². The fourth-order valence-corrected chi connectivity index (χ4v) is 2.79. The average Bonchev–Trinajstić information content (AvgIpc) is 2.53. The van der Waals surface area contributed by atoms with Crippen molar-refractivity contribution in [1.82, 2.24) is 0 Å². The molecular weight excluding hydrogens is 236 g/mol. The maximum Gasteiger partial charge on any atom is 0.170 e. The van der Waals surface area contributed by atoms with Crippen LogP contribution in [0.2, 0.25) is 5.02 Å². The predicted octanol–water partition coefficient (Wildman–Crippen LogP) is 3.58. The molecule has 0 aromatic heterocycles. The number of carbonyl (C=O) groups excluding carboxylic acids is 1. The Labute approximate surface area is 107 Å². The van der Waals surface area contributed by atoms with Crippen LogP contribution in [-0.4, -0.2) is 18.0 Å². The van der Waals surface area contributed by atoms with Crippen LogP contribution >= 0.6 is 11.6 Å². The molecule has 0 amide bonds. The molecule has 2 nitrogen and oxygen atoms in total. The lowest BCUT2D eigenvalue weighted by molar-refractivity contribution is 0.0491. The van der Waals surface area contributed by atoms with Gasteiger partial charge in [0.05, 0.1) is 23.1 Å². The minimum absolute atomic E-state index is 0.0382. The highest BCUT2D eigenvalue weighted by Gasteiger charge is 2.42. The number of hydrogen-bond acceptors (Lipinski definition) is 2. The lowest BCUT2D eigenvalue weighted by atomic mass is 9.83. The van der Waals surface area contributed by atoms with Crippen molar-refractivity contribution in [3.05, 3.63) is 34.9 Å². The number of hydrogen-bond donors (Lipinski definition) is 0. The van der Waals surface area contributed by atoms with E-state index in [1.54, 1.807) is 12.1 Å². The monoisotopic (exact) mass is 252 g/mol. The van der Waals surface area contributed by atoms with Crippen LogP contribution < -0.4 is 0 Å². The van der Waals surface area contributed by atoms with E-state index in [0.717, 1.165) is 0 Å². The molecule has 1 aromatic carbocycles. The van der Waals surface area contributed by atoms with Crippen LogP contribution in [0.15, 0.2) is 24.3 Å². The van der Waals surface area contributed by atoms with Gasteiger partial charge in [-0.1, -0.05) is 30.7 Å². The Morgan fingerprint density at radius 1 is 1.18 bits per heavy atom. The van der Waals surface area contributed by atoms with E-state index in [1.165, 1.54) is 0 Å². The molecule has 17 heavy (non-hydrogen) atoms. The highest BCUT2D eigenvalue weighted by atomic mass is 35.5. The summed E-state index contributed by atoms with van der Waals surface area (Å²) in [7, 11) is 0. The topological polar surface area (TPSA) is 26.3 Å². The Balaban J connectivity index is 2.30. The van der Waals surface area contributed by atoms with E-state index in [-0.39, 0.29) is 29.8 Å². The normalized spacial score (nSPS) is 32.7. The molecular formula is C14H17ClO2. The van der Waals surface area contributed by atoms with Gasteiger partial charge in [0, 0.05) is 5.56 Å². The molecule has 0 bridgehead atoms. The molecule has 1 aliphatic heterocycles. The van der Waals surface area contributed by atoms with Crippen molar-refractivity contribution in [1.29, 1.82) is 0 Å². The predicted molar refractivity (Wildman–Crippen MR) is 68.4 cm³/mol. The van der Waals surface area contributed by atoms with Crippen LogP contribution in [0.4, 0.5) is 0 Å². The van der Waals surface area contributed by atoms with Crippen molar-refractivity contribution in [2.75, 3.05) is 0 Å². The van der Waals surface area contributed by atoms with Crippen molar-refractivity contribution in [2.24, 2.45) is 11.8 Å². The quantitative estimate of drug-likeness (QED) is 0.752. The summed E-state index contributed by atoms with van der Waals surface area (Å²) in [5.41, 5.74) is 0.607. The number of ether oxygens (including phenoxy) is 1. The van der Waals surface area contributed by atoms with Crippen LogP contribution in [0.25, 0.3) is 0 Å². The van der Waals surface area contributed by atoms with Crippen molar-refractivity contribution in [3.8, 4) is 0 Å². The summed E-state index contributed by atoms with van der Waals surface area (Å²) in [6, 6.07) is 7.21. The van der Waals surface area contributed by atoms with Gasteiger partial charge in [-0.15, -0.1) is 0 Å². The Morgan fingerprint density at radius 2 is 1.82 bits per heavy atom. The van der Waals surface area contributed by atoms with Crippen LogP contribution in [0.1, 0.15) is 31.1 Å². The van der Waals surface area contributed by atoms with Gasteiger partial charge in [-0.25, -0.2) is 0 Å². The van der Waals surface area contributed by atoms with Crippen molar-refractivity contribution < 1.29 is 9.53 Å². The van der Waals surface area contributed by atoms with Gasteiger partial charge in [0.2, 0.25) is 0 Å². The summed E-state index contributed by atoms with van der Waals surface area (Å²) >= 11 is 6.07. The smallest absolute Gasteiger partial charge is 0.170 e. The van der Waals surface area contributed by atoms with Crippen molar-refractivity contribution in [3.63, 3.8) is 0 Å². The molecule has 0 saturated carbocycles. The maximum absolute atomic E-state index is 12.5. The third kappa shape index (κ3) is 2.24. The standard InChI is InChI=1S/C14H17ClO2/c1-8-9(2)17-10(3)13(8)14(16)11-6-4-5-7-12(11)15/h4-10,13H,1-3H3. The first-order valence-corrected chi connectivity index (χ1v) is 6.34. The largest absolute Gasteiger partial charge is 0.374 e. The Kier molecular flexibility index (Phi) is 3.55. The van der Waals surface area contributed by atoms with Crippen LogP contribution in [0.3, 0.4) is 0 Å². The van der Waals surface area contributed by atoms with E-state index < -0.39 is 0 Å². The summed E-state index contributed by atoms with van der Waals surface area (Å²) in [5, 5.41) is 0.524. The number of halogens is 1. The fourth-order valence-electron chi connectivity index (χ4n) is 2.56. The summed E-state index contributed by atoms with van der Waals surface area (Å²) in [5.74, 6) is 0.235. The summed E-state index contributed by atoms with van der Waals surface area (Å²) in [6.07, 6.45) is 0.0882. The molecule has 4 atom stereocenters. The first kappa shape index (κ1) is 12.6. The maximum atomic E-state index is 12.5. The lowest BCUT2D eigenvalue weighted by Gasteiger charge is -2.17. The van der Waals surface area contributed by atoms with E-state index in [9.17, 15) is 4.79 Å². The van der Waals surface area contributed by atoms with E-state index >= 15 is 0 Å². The molecule has 0 spiro atoms. The van der Waals surface area contributed by atoms with Crippen LogP contribution in [-0.2, 0) is 4.74 Å². The van der Waals surface area contributed by atoms with Gasteiger partial charge < -0.3 is 4.74 Å². The van der Waals surface area contributed by atoms with Gasteiger partial charge >= 0.3 is 0 Å². The number of carbonyl (C=O) groups is 1. The summed E-state index contributed by atoms with van der Waals surface area (Å²) < 4.78 is 5.70. The van der Waals surface area contributed by atoms with Crippen LogP contribution in [0.5, 0.6) is 0 Å². The zero-order valence-electron chi connectivity index (χ0n) is 10.3. The molecule has 0 radical (unpaired) electrons. The summed E-state index contributed by atoms with van der Waals surface area (Å²) in [6.45, 7) is 6.04. The minimum Gasteiger partial charge on any atom is -0.374 e. The second kappa shape index (κ2) is 4.79. The molecule has 1 heterocycles. The van der Waals surface area contributed by atoms with Gasteiger partial charge in [0.1, 0.15) is 0 Å². The van der Waals surface area contributed by atoms with Gasteiger partial charge in [-0.3, -0.25) is 4.79 Å². The molecule has 4 unspecified atom stereocenters. The van der Waals surface area contributed by atoms with Gasteiger partial charge in [-0.05, 0) is 31.9 Å². The Hall–Kier alpha value is -0.860. The molecule has 3 heteroatoms. The molecule has 2 rings (SSSR count). The second-order valence-electron chi connectivity index (χ2n) is 4.78. The highest BCUT2D eigenvalue weighted by molar-refractivity contribution is 6.34. The highest BCUT2D eigenvalue weighted by Crippen LogP contribution is 2.35. The molecule has 1 aliphatic rings. The van der Waals surface area contributed by atoms with E-state index in [0.29, 0.717) is 10.6 Å². The van der Waals surface area contributed by atoms with Gasteiger partial charge in [0.25, 0.3) is 0 Å². The van der Waals surface area contributed by atoms with Gasteiger partial charge in [0.15, 0.2) is 5.78 Å². The zero-order chi connectivity index (χ0) is 12.6. The van der Waals surface area contributed by atoms with E-state index in [1.807, 2.05) is 26.0 Å². The molecule has 1 fully saturated rings. The molecule has 1 saturated heterocycles. The molecule has 92 valence electrons. The van der Waals surface area contributed by atoms with Crippen LogP contribution in [0, 0.1) is 11.8 Å². The molecule has 0 aliphatic carbocycles. The zero-order valence-corrected chi connectivity index (χ0v) is 11.1.